The second-order valence-electron chi connectivity index (χ2n) is 16.1. The molecule has 0 spiro atoms. The average Bonchev–Trinajstić information content (AvgIpc) is 3.70. The Kier molecular flexibility index (Phi) is 8.90. The van der Waals surface area contributed by atoms with E-state index in [9.17, 15) is 0 Å². The van der Waals surface area contributed by atoms with E-state index in [4.69, 9.17) is 15.0 Å². The van der Waals surface area contributed by atoms with Crippen molar-refractivity contribution in [3.63, 3.8) is 0 Å². The summed E-state index contributed by atoms with van der Waals surface area (Å²) in [6, 6.07) is 70.5. The van der Waals surface area contributed by atoms with Crippen LogP contribution in [-0.4, -0.2) is 19.5 Å². The van der Waals surface area contributed by atoms with E-state index >= 15 is 0 Å². The minimum absolute atomic E-state index is 0.611. The fourth-order valence-electron chi connectivity index (χ4n) is 9.27. The monoisotopic (exact) mass is 817 g/mol. The molecule has 300 valence electrons. The largest absolute Gasteiger partial charge is 0.316 e. The first kappa shape index (κ1) is 37.1. The third kappa shape index (κ3) is 6.29. The van der Waals surface area contributed by atoms with Crippen molar-refractivity contribution >= 4 is 60.3 Å². The van der Waals surface area contributed by atoms with E-state index in [2.05, 4.69) is 204 Å². The lowest BCUT2D eigenvalue weighted by Gasteiger charge is -2.27. The van der Waals surface area contributed by atoms with Gasteiger partial charge < -0.3 is 9.47 Å². The van der Waals surface area contributed by atoms with Gasteiger partial charge in [-0.25, -0.2) is 15.0 Å². The van der Waals surface area contributed by atoms with Crippen LogP contribution < -0.4 is 4.90 Å². The molecule has 0 amide bonds. The molecule has 5 heteroatoms. The van der Waals surface area contributed by atoms with E-state index in [1.165, 1.54) is 27.1 Å². The van der Waals surface area contributed by atoms with Gasteiger partial charge in [0.05, 0.1) is 22.4 Å². The number of anilines is 2. The van der Waals surface area contributed by atoms with Gasteiger partial charge in [-0.3, -0.25) is 0 Å². The van der Waals surface area contributed by atoms with Crippen LogP contribution in [-0.2, 0) is 0 Å². The topological polar surface area (TPSA) is 46.8 Å². The normalized spacial score (nSPS) is 13.6. The molecule has 11 aromatic rings. The molecule has 0 saturated heterocycles. The molecule has 9 aromatic carbocycles. The van der Waals surface area contributed by atoms with Crippen molar-refractivity contribution in [3.05, 3.63) is 237 Å². The molecule has 0 N–H and O–H groups in total. The van der Waals surface area contributed by atoms with Crippen molar-refractivity contribution in [1.82, 2.24) is 19.5 Å². The fourth-order valence-corrected chi connectivity index (χ4v) is 9.27. The molecular weight excluding hydrogens is 779 g/mol. The van der Waals surface area contributed by atoms with Gasteiger partial charge in [-0.05, 0) is 69.9 Å². The van der Waals surface area contributed by atoms with E-state index in [-0.39, 0.29) is 0 Å². The number of fused-ring (bicyclic) bond motifs is 7. The predicted octanol–water partition coefficient (Wildman–Crippen LogP) is 15.2. The molecule has 0 atom stereocenters. The van der Waals surface area contributed by atoms with Gasteiger partial charge in [0.1, 0.15) is 0 Å². The number of nitrogens with zero attached hydrogens (tertiary/aromatic N) is 5. The standard InChI is InChI=1S/C59H39N5/c1-39-17-15-16-36-63(54-38-55-52(37-51(39)54)49-33-32-42-20-11-12-25-46(42)56(49)64(55)45-23-9-4-10-24-45)53-35-34-50(47-26-13-14-27-48(47)53)59-61-57(43-21-7-3-8-22-43)60-58(62-59)44-30-28-41(29-31-44)40-18-5-2-6-19-40/h2-38H,1H2/b17-15-,36-16-. The predicted molar refractivity (Wildman–Crippen MR) is 267 cm³/mol. The minimum Gasteiger partial charge on any atom is -0.316 e. The fraction of sp³-hybridized carbons (Fsp3) is 0. The number of hydrogen-bond acceptors (Lipinski definition) is 4. The van der Waals surface area contributed by atoms with Crippen LogP contribution in [0.25, 0.3) is 99.9 Å². The van der Waals surface area contributed by atoms with Crippen LogP contribution in [0.4, 0.5) is 11.4 Å². The maximum Gasteiger partial charge on any atom is 0.164 e. The summed E-state index contributed by atoms with van der Waals surface area (Å²) >= 11 is 0. The maximum atomic E-state index is 5.21. The quantitative estimate of drug-likeness (QED) is 0.168. The number of aromatic nitrogens is 4. The Bertz CT molecular complexity index is 3660. The van der Waals surface area contributed by atoms with Crippen LogP contribution in [0, 0.1) is 0 Å². The molecule has 0 radical (unpaired) electrons. The molecule has 0 saturated carbocycles. The van der Waals surface area contributed by atoms with Gasteiger partial charge in [0, 0.05) is 55.7 Å². The minimum atomic E-state index is 0.611. The highest BCUT2D eigenvalue weighted by atomic mass is 15.1. The van der Waals surface area contributed by atoms with Crippen LogP contribution in [0.5, 0.6) is 0 Å². The molecular formula is C59H39N5. The van der Waals surface area contributed by atoms with Crippen LogP contribution in [0.15, 0.2) is 231 Å². The number of hydrogen-bond donors (Lipinski definition) is 0. The first-order valence-electron chi connectivity index (χ1n) is 21.5. The van der Waals surface area contributed by atoms with Gasteiger partial charge in [0.15, 0.2) is 17.5 Å². The highest BCUT2D eigenvalue weighted by Crippen LogP contribution is 2.45. The average molecular weight is 818 g/mol. The number of rotatable bonds is 6. The second-order valence-corrected chi connectivity index (χ2v) is 16.1. The summed E-state index contributed by atoms with van der Waals surface area (Å²) in [7, 11) is 0. The Labute approximate surface area is 370 Å². The summed E-state index contributed by atoms with van der Waals surface area (Å²) < 4.78 is 2.42. The number of benzene rings is 9. The molecule has 0 aliphatic carbocycles. The highest BCUT2D eigenvalue weighted by molar-refractivity contribution is 6.20. The second kappa shape index (κ2) is 15.4. The summed E-state index contributed by atoms with van der Waals surface area (Å²) in [6.45, 7) is 4.61. The van der Waals surface area contributed by atoms with Crippen LogP contribution in [0.2, 0.25) is 0 Å². The molecule has 0 bridgehead atoms. The SMILES string of the molecule is C=C1/C=C\C=C/N(c2ccc(-c3nc(-c4ccccc4)nc(-c4ccc(-c5ccccc5)cc4)n3)c3ccccc23)c2cc3c(cc21)c1ccc2ccccc2c1n3-c1ccccc1. The van der Waals surface area contributed by atoms with Gasteiger partial charge >= 0.3 is 0 Å². The Morgan fingerprint density at radius 2 is 0.984 bits per heavy atom. The molecule has 0 unspecified atom stereocenters. The lowest BCUT2D eigenvalue weighted by molar-refractivity contribution is 1.08. The van der Waals surface area contributed by atoms with Crippen molar-refractivity contribution in [1.29, 1.82) is 0 Å². The maximum absolute atomic E-state index is 5.21. The summed E-state index contributed by atoms with van der Waals surface area (Å²) in [6.07, 6.45) is 8.43. The molecule has 2 aromatic heterocycles. The van der Waals surface area contributed by atoms with Crippen LogP contribution in [0.3, 0.4) is 0 Å². The van der Waals surface area contributed by atoms with Crippen LogP contribution >= 0.6 is 0 Å². The number of para-hydroxylation sites is 1. The first-order valence-corrected chi connectivity index (χ1v) is 21.5. The Morgan fingerprint density at radius 3 is 1.73 bits per heavy atom. The van der Waals surface area contributed by atoms with E-state index in [0.717, 1.165) is 72.3 Å². The zero-order chi connectivity index (χ0) is 42.6. The van der Waals surface area contributed by atoms with Gasteiger partial charge in [-0.2, -0.15) is 0 Å². The molecule has 5 nitrogen and oxygen atoms in total. The summed E-state index contributed by atoms with van der Waals surface area (Å²) in [4.78, 5) is 17.7. The van der Waals surface area contributed by atoms with Crippen LogP contribution in [0.1, 0.15) is 5.56 Å². The molecule has 3 heterocycles. The zero-order valence-electron chi connectivity index (χ0n) is 34.8. The van der Waals surface area contributed by atoms with Crippen molar-refractivity contribution < 1.29 is 0 Å². The van der Waals surface area contributed by atoms with Crippen molar-refractivity contribution in [3.8, 4) is 51.0 Å². The summed E-state index contributed by atoms with van der Waals surface area (Å²) in [5, 5.41) is 6.90. The Morgan fingerprint density at radius 1 is 0.391 bits per heavy atom. The molecule has 1 aliphatic rings. The third-order valence-corrected chi connectivity index (χ3v) is 12.4. The third-order valence-electron chi connectivity index (χ3n) is 12.4. The van der Waals surface area contributed by atoms with Gasteiger partial charge in [0.2, 0.25) is 0 Å². The van der Waals surface area contributed by atoms with Gasteiger partial charge in [-0.1, -0.05) is 183 Å². The lowest BCUT2D eigenvalue weighted by atomic mass is 9.97. The van der Waals surface area contributed by atoms with Gasteiger partial charge in [-0.15, -0.1) is 0 Å². The summed E-state index contributed by atoms with van der Waals surface area (Å²) in [5.41, 5.74) is 12.6. The molecule has 12 rings (SSSR count). The highest BCUT2D eigenvalue weighted by Gasteiger charge is 2.24. The smallest absolute Gasteiger partial charge is 0.164 e. The lowest BCUT2D eigenvalue weighted by Crippen LogP contribution is -2.12. The van der Waals surface area contributed by atoms with E-state index in [1.54, 1.807) is 0 Å². The van der Waals surface area contributed by atoms with Crippen molar-refractivity contribution in [2.45, 2.75) is 0 Å². The van der Waals surface area contributed by atoms with E-state index < -0.39 is 0 Å². The summed E-state index contributed by atoms with van der Waals surface area (Å²) in [5.74, 6) is 1.85. The zero-order valence-corrected chi connectivity index (χ0v) is 34.8. The Hall–Kier alpha value is -8.67. The molecule has 1 aliphatic heterocycles. The van der Waals surface area contributed by atoms with Crippen molar-refractivity contribution in [2.24, 2.45) is 0 Å². The van der Waals surface area contributed by atoms with E-state index in [1.807, 2.05) is 36.4 Å². The molecule has 64 heavy (non-hydrogen) atoms. The molecule has 0 fully saturated rings. The van der Waals surface area contributed by atoms with E-state index in [0.29, 0.717) is 17.5 Å². The Balaban J connectivity index is 1.05. The van der Waals surface area contributed by atoms with Crippen molar-refractivity contribution in [2.75, 3.05) is 4.90 Å². The first-order chi connectivity index (χ1) is 31.7. The number of allylic oxidation sites excluding steroid dienone is 4. The van der Waals surface area contributed by atoms with Gasteiger partial charge in [0.25, 0.3) is 0 Å².